The zero-order valence-electron chi connectivity index (χ0n) is 8.94. The first-order valence-electron chi connectivity index (χ1n) is 4.85. The van der Waals surface area contributed by atoms with Crippen LogP contribution in [0.5, 0.6) is 0 Å². The molecule has 0 spiro atoms. The van der Waals surface area contributed by atoms with Gasteiger partial charge in [-0.3, -0.25) is 9.36 Å². The van der Waals surface area contributed by atoms with Gasteiger partial charge >= 0.3 is 5.97 Å². The number of hydrogen-bond acceptors (Lipinski definition) is 3. The Morgan fingerprint density at radius 2 is 2.25 bits per heavy atom. The monoisotopic (exact) mass is 286 g/mol. The molecular formula is C9H11BrN4O2. The molecule has 0 amide bonds. The van der Waals surface area contributed by atoms with Gasteiger partial charge in [0.1, 0.15) is 10.4 Å². The molecule has 0 atom stereocenters. The molecular weight excluding hydrogens is 276 g/mol. The van der Waals surface area contributed by atoms with Gasteiger partial charge in [0.2, 0.25) is 5.78 Å². The van der Waals surface area contributed by atoms with E-state index in [0.717, 1.165) is 12.2 Å². The Balaban J connectivity index is 2.57. The SMILES string of the molecule is CCc1nn2c(Br)c(CC(=O)O)nc2n1C. The fourth-order valence-electron chi connectivity index (χ4n) is 1.59. The Bertz CT molecular complexity index is 557. The van der Waals surface area contributed by atoms with E-state index in [0.29, 0.717) is 16.1 Å². The van der Waals surface area contributed by atoms with E-state index in [2.05, 4.69) is 26.0 Å². The first kappa shape index (κ1) is 11.1. The molecule has 0 fully saturated rings. The van der Waals surface area contributed by atoms with Crippen molar-refractivity contribution in [2.24, 2.45) is 7.05 Å². The van der Waals surface area contributed by atoms with Crippen molar-refractivity contribution in [3.8, 4) is 0 Å². The summed E-state index contributed by atoms with van der Waals surface area (Å²) in [6, 6.07) is 0. The topological polar surface area (TPSA) is 72.4 Å². The van der Waals surface area contributed by atoms with E-state index in [1.54, 1.807) is 4.52 Å². The summed E-state index contributed by atoms with van der Waals surface area (Å²) in [5.74, 6) is 0.657. The number of carboxylic acids is 1. The Morgan fingerprint density at radius 3 is 2.75 bits per heavy atom. The second-order valence-electron chi connectivity index (χ2n) is 3.46. The lowest BCUT2D eigenvalue weighted by atomic mass is 10.3. The Kier molecular flexibility index (Phi) is 2.71. The van der Waals surface area contributed by atoms with Crippen LogP contribution in [0.25, 0.3) is 5.78 Å². The third-order valence-corrected chi connectivity index (χ3v) is 3.18. The maximum Gasteiger partial charge on any atom is 0.309 e. The van der Waals surface area contributed by atoms with Crippen LogP contribution in [0.3, 0.4) is 0 Å². The average Bonchev–Trinajstić information content (AvgIpc) is 2.68. The van der Waals surface area contributed by atoms with Crippen molar-refractivity contribution in [3.63, 3.8) is 0 Å². The molecule has 0 aliphatic rings. The van der Waals surface area contributed by atoms with Crippen molar-refractivity contribution in [1.82, 2.24) is 19.2 Å². The smallest absolute Gasteiger partial charge is 0.309 e. The molecule has 0 aliphatic carbocycles. The van der Waals surface area contributed by atoms with Crippen LogP contribution in [0.15, 0.2) is 4.60 Å². The summed E-state index contributed by atoms with van der Waals surface area (Å²) in [5, 5.41) is 13.1. The lowest BCUT2D eigenvalue weighted by Gasteiger charge is -1.95. The molecule has 2 heterocycles. The molecule has 0 bridgehead atoms. The third kappa shape index (κ3) is 1.60. The summed E-state index contributed by atoms with van der Waals surface area (Å²) in [6.07, 6.45) is 0.700. The number of hydrogen-bond donors (Lipinski definition) is 1. The zero-order valence-corrected chi connectivity index (χ0v) is 10.5. The van der Waals surface area contributed by atoms with Crippen molar-refractivity contribution in [2.75, 3.05) is 0 Å². The van der Waals surface area contributed by atoms with E-state index in [1.165, 1.54) is 0 Å². The van der Waals surface area contributed by atoms with E-state index in [9.17, 15) is 4.79 Å². The van der Waals surface area contributed by atoms with Crippen molar-refractivity contribution < 1.29 is 9.90 Å². The highest BCUT2D eigenvalue weighted by Gasteiger charge is 2.17. The van der Waals surface area contributed by atoms with Crippen LogP contribution >= 0.6 is 15.9 Å². The quantitative estimate of drug-likeness (QED) is 0.914. The van der Waals surface area contributed by atoms with Gasteiger partial charge < -0.3 is 5.11 Å². The first-order chi connectivity index (χ1) is 7.54. The van der Waals surface area contributed by atoms with Crippen molar-refractivity contribution in [3.05, 3.63) is 16.1 Å². The molecule has 0 radical (unpaired) electrons. The van der Waals surface area contributed by atoms with E-state index in [1.807, 2.05) is 18.5 Å². The number of fused-ring (bicyclic) bond motifs is 1. The number of halogens is 1. The van der Waals surface area contributed by atoms with E-state index in [4.69, 9.17) is 5.11 Å². The molecule has 2 aromatic heterocycles. The van der Waals surface area contributed by atoms with Crippen molar-refractivity contribution >= 4 is 27.7 Å². The predicted molar refractivity (Wildman–Crippen MR) is 60.4 cm³/mol. The maximum absolute atomic E-state index is 10.6. The van der Waals surface area contributed by atoms with Gasteiger partial charge in [-0.1, -0.05) is 6.92 Å². The number of imidazole rings is 1. The fraction of sp³-hybridized carbons (Fsp3) is 0.444. The third-order valence-electron chi connectivity index (χ3n) is 2.39. The van der Waals surface area contributed by atoms with Gasteiger partial charge in [-0.05, 0) is 15.9 Å². The molecule has 1 N–H and O–H groups in total. The Labute approximate surface area is 100 Å². The van der Waals surface area contributed by atoms with Gasteiger partial charge in [-0.15, -0.1) is 0 Å². The number of aliphatic carboxylic acids is 1. The maximum atomic E-state index is 10.6. The summed E-state index contributed by atoms with van der Waals surface area (Å²) in [5.41, 5.74) is 0.494. The van der Waals surface area contributed by atoms with Crippen molar-refractivity contribution in [1.29, 1.82) is 0 Å². The van der Waals surface area contributed by atoms with Gasteiger partial charge in [-0.2, -0.15) is 9.61 Å². The van der Waals surface area contributed by atoms with Gasteiger partial charge in [0.05, 0.1) is 12.1 Å². The second-order valence-corrected chi connectivity index (χ2v) is 4.21. The molecule has 0 unspecified atom stereocenters. The minimum atomic E-state index is -0.903. The van der Waals surface area contributed by atoms with Gasteiger partial charge in [-0.25, -0.2) is 4.98 Å². The highest BCUT2D eigenvalue weighted by molar-refractivity contribution is 9.10. The van der Waals surface area contributed by atoms with Crippen LogP contribution < -0.4 is 0 Å². The summed E-state index contributed by atoms with van der Waals surface area (Å²) < 4.78 is 4.09. The van der Waals surface area contributed by atoms with Crippen LogP contribution in [0, 0.1) is 0 Å². The molecule has 0 aliphatic heterocycles. The van der Waals surface area contributed by atoms with Crippen LogP contribution in [0.4, 0.5) is 0 Å². The zero-order chi connectivity index (χ0) is 11.9. The normalized spacial score (nSPS) is 11.2. The minimum Gasteiger partial charge on any atom is -0.481 e. The molecule has 86 valence electrons. The Morgan fingerprint density at radius 1 is 1.56 bits per heavy atom. The number of nitrogens with zero attached hydrogens (tertiary/aromatic N) is 4. The van der Waals surface area contributed by atoms with E-state index >= 15 is 0 Å². The number of carbonyl (C=O) groups is 1. The molecule has 0 saturated carbocycles. The van der Waals surface area contributed by atoms with Crippen molar-refractivity contribution in [2.45, 2.75) is 19.8 Å². The predicted octanol–water partition coefficient (Wildman–Crippen LogP) is 1.02. The summed E-state index contributed by atoms with van der Waals surface area (Å²) in [4.78, 5) is 14.9. The Hall–Kier alpha value is -1.37. The molecule has 2 aromatic rings. The molecule has 0 saturated heterocycles. The van der Waals surface area contributed by atoms with Crippen LogP contribution in [0.1, 0.15) is 18.4 Å². The molecule has 6 nitrogen and oxygen atoms in total. The summed E-state index contributed by atoms with van der Waals surface area (Å²) in [6.45, 7) is 2.01. The van der Waals surface area contributed by atoms with Gasteiger partial charge in [0.15, 0.2) is 0 Å². The molecule has 7 heteroatoms. The number of carboxylic acid groups (broad SMARTS) is 1. The lowest BCUT2D eigenvalue weighted by Crippen LogP contribution is -2.02. The van der Waals surface area contributed by atoms with E-state index < -0.39 is 5.97 Å². The van der Waals surface area contributed by atoms with Crippen LogP contribution in [-0.2, 0) is 24.7 Å². The van der Waals surface area contributed by atoms with Gasteiger partial charge in [0.25, 0.3) is 0 Å². The largest absolute Gasteiger partial charge is 0.481 e. The second kappa shape index (κ2) is 3.89. The highest BCUT2D eigenvalue weighted by Crippen LogP contribution is 2.19. The van der Waals surface area contributed by atoms with Crippen LogP contribution in [0.2, 0.25) is 0 Å². The van der Waals surface area contributed by atoms with Gasteiger partial charge in [0, 0.05) is 13.5 Å². The number of aryl methyl sites for hydroxylation is 2. The average molecular weight is 287 g/mol. The summed E-state index contributed by atoms with van der Waals surface area (Å²) >= 11 is 3.32. The van der Waals surface area contributed by atoms with E-state index in [-0.39, 0.29) is 6.42 Å². The minimum absolute atomic E-state index is 0.106. The lowest BCUT2D eigenvalue weighted by molar-refractivity contribution is -0.136. The highest BCUT2D eigenvalue weighted by atomic mass is 79.9. The fourth-order valence-corrected chi connectivity index (χ4v) is 2.06. The molecule has 0 aromatic carbocycles. The number of rotatable bonds is 3. The molecule has 16 heavy (non-hydrogen) atoms. The summed E-state index contributed by atoms with van der Waals surface area (Å²) in [7, 11) is 1.87. The standard InChI is InChI=1S/C9H11BrN4O2/c1-3-6-12-14-8(10)5(4-7(15)16)11-9(14)13(6)2/h3-4H2,1-2H3,(H,15,16). The first-order valence-corrected chi connectivity index (χ1v) is 5.64. The van der Waals surface area contributed by atoms with Crippen LogP contribution in [-0.4, -0.2) is 30.2 Å². The number of aromatic nitrogens is 4. The molecule has 2 rings (SSSR count).